The van der Waals surface area contributed by atoms with Crippen LogP contribution in [0, 0.1) is 6.92 Å². The van der Waals surface area contributed by atoms with Gasteiger partial charge in [0.15, 0.2) is 0 Å². The number of hydrogen-bond acceptors (Lipinski definition) is 2. The Balaban J connectivity index is 2.64. The van der Waals surface area contributed by atoms with Gasteiger partial charge in [-0.05, 0) is 25.1 Å². The lowest BCUT2D eigenvalue weighted by molar-refractivity contribution is 0.703. The molecule has 1 aromatic carbocycles. The van der Waals surface area contributed by atoms with Crippen LogP contribution in [0.15, 0.2) is 18.2 Å². The van der Waals surface area contributed by atoms with E-state index in [1.54, 1.807) is 0 Å². The molecule has 0 unspecified atom stereocenters. The van der Waals surface area contributed by atoms with Crippen LogP contribution in [-0.4, -0.2) is 16.1 Å². The predicted octanol–water partition coefficient (Wildman–Crippen LogP) is 1.96. The van der Waals surface area contributed by atoms with Crippen LogP contribution in [0.2, 0.25) is 5.02 Å². The van der Waals surface area contributed by atoms with Crippen molar-refractivity contribution in [2.75, 3.05) is 6.54 Å². The number of benzene rings is 1. The first kappa shape index (κ1) is 9.49. The van der Waals surface area contributed by atoms with Gasteiger partial charge in [0, 0.05) is 18.1 Å². The molecule has 1 aromatic heterocycles. The van der Waals surface area contributed by atoms with Crippen LogP contribution < -0.4 is 5.73 Å². The Morgan fingerprint density at radius 3 is 3.00 bits per heavy atom. The summed E-state index contributed by atoms with van der Waals surface area (Å²) in [6.07, 6.45) is 0. The summed E-state index contributed by atoms with van der Waals surface area (Å²) >= 11 is 5.88. The normalized spacial score (nSPS) is 11.1. The third-order valence-electron chi connectivity index (χ3n) is 2.25. The smallest absolute Gasteiger partial charge is 0.106 e. The number of nitrogens with two attached hydrogens (primary N) is 1. The molecule has 0 radical (unpaired) electrons. The lowest BCUT2D eigenvalue weighted by Gasteiger charge is -2.03. The highest BCUT2D eigenvalue weighted by Gasteiger charge is 2.06. The molecule has 0 bridgehead atoms. The molecule has 3 nitrogen and oxygen atoms in total. The van der Waals surface area contributed by atoms with Crippen molar-refractivity contribution in [2.45, 2.75) is 13.5 Å². The number of aryl methyl sites for hydroxylation is 1. The second-order valence-electron chi connectivity index (χ2n) is 3.23. The number of fused-ring (bicyclic) bond motifs is 1. The Morgan fingerprint density at radius 1 is 1.50 bits per heavy atom. The van der Waals surface area contributed by atoms with Gasteiger partial charge in [-0.15, -0.1) is 0 Å². The van der Waals surface area contributed by atoms with Crippen molar-refractivity contribution < 1.29 is 0 Å². The molecule has 0 atom stereocenters. The molecule has 0 spiro atoms. The zero-order valence-corrected chi connectivity index (χ0v) is 8.75. The zero-order valence-electron chi connectivity index (χ0n) is 8.00. The van der Waals surface area contributed by atoms with Crippen LogP contribution in [0.3, 0.4) is 0 Å². The molecule has 0 aliphatic rings. The van der Waals surface area contributed by atoms with Crippen LogP contribution in [-0.2, 0) is 6.54 Å². The van der Waals surface area contributed by atoms with Gasteiger partial charge in [-0.25, -0.2) is 4.98 Å². The van der Waals surface area contributed by atoms with Crippen LogP contribution in [0.5, 0.6) is 0 Å². The summed E-state index contributed by atoms with van der Waals surface area (Å²) in [5, 5.41) is 0.717. The summed E-state index contributed by atoms with van der Waals surface area (Å²) in [6.45, 7) is 3.39. The SMILES string of the molecule is Cc1nc2cc(Cl)ccc2n1CCN. The number of nitrogens with zero attached hydrogens (tertiary/aromatic N) is 2. The number of aromatic nitrogens is 2. The molecule has 0 amide bonds. The van der Waals surface area contributed by atoms with E-state index >= 15 is 0 Å². The minimum atomic E-state index is 0.620. The second-order valence-corrected chi connectivity index (χ2v) is 3.67. The van der Waals surface area contributed by atoms with Crippen molar-refractivity contribution >= 4 is 22.6 Å². The van der Waals surface area contributed by atoms with Gasteiger partial charge in [-0.2, -0.15) is 0 Å². The molecule has 2 rings (SSSR count). The van der Waals surface area contributed by atoms with E-state index in [2.05, 4.69) is 9.55 Å². The minimum Gasteiger partial charge on any atom is -0.329 e. The summed E-state index contributed by atoms with van der Waals surface area (Å²) in [4.78, 5) is 4.42. The van der Waals surface area contributed by atoms with Gasteiger partial charge in [-0.1, -0.05) is 11.6 Å². The van der Waals surface area contributed by atoms with Crippen molar-refractivity contribution in [3.63, 3.8) is 0 Å². The van der Waals surface area contributed by atoms with E-state index in [1.807, 2.05) is 25.1 Å². The van der Waals surface area contributed by atoms with Crippen LogP contribution >= 0.6 is 11.6 Å². The third kappa shape index (κ3) is 1.49. The Bertz CT molecular complexity index is 462. The molecule has 2 aromatic rings. The maximum atomic E-state index is 5.88. The fourth-order valence-electron chi connectivity index (χ4n) is 1.63. The zero-order chi connectivity index (χ0) is 10.1. The number of hydrogen-bond donors (Lipinski definition) is 1. The lowest BCUT2D eigenvalue weighted by atomic mass is 10.3. The van der Waals surface area contributed by atoms with Crippen molar-refractivity contribution in [3.05, 3.63) is 29.0 Å². The Kier molecular flexibility index (Phi) is 2.44. The average molecular weight is 210 g/mol. The Labute approximate surface area is 87.5 Å². The lowest BCUT2D eigenvalue weighted by Crippen LogP contribution is -2.10. The van der Waals surface area contributed by atoms with E-state index < -0.39 is 0 Å². The van der Waals surface area contributed by atoms with Crippen molar-refractivity contribution in [2.24, 2.45) is 5.73 Å². The van der Waals surface area contributed by atoms with Gasteiger partial charge in [-0.3, -0.25) is 0 Å². The molecule has 0 saturated heterocycles. The van der Waals surface area contributed by atoms with E-state index in [9.17, 15) is 0 Å². The van der Waals surface area contributed by atoms with Gasteiger partial charge in [0.2, 0.25) is 0 Å². The average Bonchev–Trinajstić information content (AvgIpc) is 2.43. The van der Waals surface area contributed by atoms with Gasteiger partial charge in [0.25, 0.3) is 0 Å². The van der Waals surface area contributed by atoms with Crippen LogP contribution in [0.4, 0.5) is 0 Å². The second kappa shape index (κ2) is 3.59. The molecular weight excluding hydrogens is 198 g/mol. The molecule has 0 fully saturated rings. The maximum absolute atomic E-state index is 5.88. The van der Waals surface area contributed by atoms with E-state index in [4.69, 9.17) is 17.3 Å². The fraction of sp³-hybridized carbons (Fsp3) is 0.300. The molecule has 2 N–H and O–H groups in total. The summed E-state index contributed by atoms with van der Waals surface area (Å²) in [6, 6.07) is 5.72. The number of halogens is 1. The van der Waals surface area contributed by atoms with E-state index in [0.29, 0.717) is 6.54 Å². The van der Waals surface area contributed by atoms with Gasteiger partial charge >= 0.3 is 0 Å². The fourth-order valence-corrected chi connectivity index (χ4v) is 1.80. The topological polar surface area (TPSA) is 43.8 Å². The molecule has 1 heterocycles. The van der Waals surface area contributed by atoms with Gasteiger partial charge < -0.3 is 10.3 Å². The third-order valence-corrected chi connectivity index (χ3v) is 2.49. The maximum Gasteiger partial charge on any atom is 0.106 e. The largest absolute Gasteiger partial charge is 0.329 e. The molecule has 4 heteroatoms. The van der Waals surface area contributed by atoms with Gasteiger partial charge in [0.1, 0.15) is 5.82 Å². The molecule has 14 heavy (non-hydrogen) atoms. The summed E-state index contributed by atoms with van der Waals surface area (Å²) in [7, 11) is 0. The first-order chi connectivity index (χ1) is 6.72. The molecule has 0 aliphatic heterocycles. The highest BCUT2D eigenvalue weighted by atomic mass is 35.5. The Hall–Kier alpha value is -1.06. The Morgan fingerprint density at radius 2 is 2.29 bits per heavy atom. The summed E-state index contributed by atoms with van der Waals surface area (Å²) in [5.74, 6) is 0.979. The first-order valence-electron chi connectivity index (χ1n) is 4.55. The molecule has 0 aliphatic carbocycles. The van der Waals surface area contributed by atoms with E-state index in [0.717, 1.165) is 28.4 Å². The predicted molar refractivity (Wildman–Crippen MR) is 58.5 cm³/mol. The number of imidazole rings is 1. The quantitative estimate of drug-likeness (QED) is 0.822. The number of rotatable bonds is 2. The highest BCUT2D eigenvalue weighted by Crippen LogP contribution is 2.19. The van der Waals surface area contributed by atoms with Gasteiger partial charge in [0.05, 0.1) is 11.0 Å². The molecular formula is C10H12ClN3. The van der Waals surface area contributed by atoms with Crippen molar-refractivity contribution in [3.8, 4) is 0 Å². The van der Waals surface area contributed by atoms with Crippen LogP contribution in [0.25, 0.3) is 11.0 Å². The monoisotopic (exact) mass is 209 g/mol. The van der Waals surface area contributed by atoms with E-state index in [1.165, 1.54) is 0 Å². The van der Waals surface area contributed by atoms with Crippen LogP contribution in [0.1, 0.15) is 5.82 Å². The van der Waals surface area contributed by atoms with Crippen molar-refractivity contribution in [1.82, 2.24) is 9.55 Å². The standard InChI is InChI=1S/C10H12ClN3/c1-7-13-9-6-8(11)2-3-10(9)14(7)5-4-12/h2-3,6H,4-5,12H2,1H3. The van der Waals surface area contributed by atoms with Crippen molar-refractivity contribution in [1.29, 1.82) is 0 Å². The molecule has 74 valence electrons. The highest BCUT2D eigenvalue weighted by molar-refractivity contribution is 6.31. The molecule has 0 saturated carbocycles. The summed E-state index contributed by atoms with van der Waals surface area (Å²) in [5.41, 5.74) is 7.56. The summed E-state index contributed by atoms with van der Waals surface area (Å²) < 4.78 is 2.10. The first-order valence-corrected chi connectivity index (χ1v) is 4.92. The minimum absolute atomic E-state index is 0.620. The van der Waals surface area contributed by atoms with E-state index in [-0.39, 0.29) is 0 Å².